The molecule has 0 bridgehead atoms. The van der Waals surface area contributed by atoms with Crippen LogP contribution in [0.15, 0.2) is 54.9 Å². The van der Waals surface area contributed by atoms with E-state index in [1.54, 1.807) is 0 Å². The quantitative estimate of drug-likeness (QED) is 0.299. The Balaban J connectivity index is 2.08. The zero-order valence-corrected chi connectivity index (χ0v) is 20.2. The van der Waals surface area contributed by atoms with Crippen molar-refractivity contribution in [3.63, 3.8) is 0 Å². The van der Waals surface area contributed by atoms with Crippen LogP contribution in [0.4, 0.5) is 0 Å². The molecule has 3 aromatic rings. The summed E-state index contributed by atoms with van der Waals surface area (Å²) in [6.45, 7) is 12.1. The first kappa shape index (κ1) is 23.3. The standard InChI is InChI=1S/C29H32NO2/c1-18-12-20(3)25(21(4)13-18)16-27(31)26(24-8-10-30(7)11-9-24)17-28(32)29-22(5)14-19(2)15-23(29)6/h8-15,17H,16H2,1-7H3/q+1/b26-17+. The summed E-state index contributed by atoms with van der Waals surface area (Å²) < 4.78 is 1.91. The average Bonchev–Trinajstić information content (AvgIpc) is 2.68. The normalized spacial score (nSPS) is 11.5. The Bertz CT molecular complexity index is 1180. The monoisotopic (exact) mass is 426 g/mol. The summed E-state index contributed by atoms with van der Waals surface area (Å²) in [6, 6.07) is 12.0. The van der Waals surface area contributed by atoms with Crippen LogP contribution in [0.5, 0.6) is 0 Å². The number of hydrogen-bond acceptors (Lipinski definition) is 2. The first-order chi connectivity index (χ1) is 15.1. The molecule has 0 aliphatic heterocycles. The molecule has 0 unspecified atom stereocenters. The minimum absolute atomic E-state index is 0.0512. The van der Waals surface area contributed by atoms with Crippen molar-refractivity contribution in [2.75, 3.05) is 0 Å². The molecule has 0 radical (unpaired) electrons. The highest BCUT2D eigenvalue weighted by atomic mass is 16.1. The van der Waals surface area contributed by atoms with E-state index in [1.165, 1.54) is 11.6 Å². The summed E-state index contributed by atoms with van der Waals surface area (Å²) in [7, 11) is 1.93. The average molecular weight is 427 g/mol. The molecule has 3 heteroatoms. The fraction of sp³-hybridized carbons (Fsp3) is 0.276. The molecule has 1 aromatic heterocycles. The van der Waals surface area contributed by atoms with E-state index in [1.807, 2.05) is 82.9 Å². The number of aryl methyl sites for hydroxylation is 7. The van der Waals surface area contributed by atoms with Crippen LogP contribution >= 0.6 is 0 Å². The molecule has 0 atom stereocenters. The lowest BCUT2D eigenvalue weighted by Crippen LogP contribution is -2.26. The van der Waals surface area contributed by atoms with Crippen LogP contribution in [-0.4, -0.2) is 11.6 Å². The summed E-state index contributed by atoms with van der Waals surface area (Å²) in [5.74, 6) is -0.182. The predicted octanol–water partition coefficient (Wildman–Crippen LogP) is 5.44. The van der Waals surface area contributed by atoms with Crippen LogP contribution in [0.1, 0.15) is 54.9 Å². The summed E-state index contributed by atoms with van der Waals surface area (Å²) in [5.41, 5.74) is 9.28. The van der Waals surface area contributed by atoms with Gasteiger partial charge in [0, 0.05) is 29.7 Å². The summed E-state index contributed by atoms with van der Waals surface area (Å²) in [4.78, 5) is 26.9. The molecule has 1 heterocycles. The minimum Gasteiger partial charge on any atom is -0.294 e. The first-order valence-electron chi connectivity index (χ1n) is 11.0. The number of carbonyl (C=O) groups is 2. The lowest BCUT2D eigenvalue weighted by molar-refractivity contribution is -0.671. The summed E-state index contributed by atoms with van der Waals surface area (Å²) in [6.07, 6.45) is 5.59. The van der Waals surface area contributed by atoms with E-state index in [2.05, 4.69) is 19.1 Å². The van der Waals surface area contributed by atoms with E-state index in [0.717, 1.165) is 38.9 Å². The van der Waals surface area contributed by atoms with Crippen molar-refractivity contribution < 1.29 is 14.2 Å². The number of benzene rings is 2. The van der Waals surface area contributed by atoms with Crippen molar-refractivity contribution in [3.8, 4) is 0 Å². The highest BCUT2D eigenvalue weighted by molar-refractivity contribution is 6.27. The maximum Gasteiger partial charge on any atom is 0.187 e. The fourth-order valence-electron chi connectivity index (χ4n) is 4.52. The number of aromatic nitrogens is 1. The highest BCUT2D eigenvalue weighted by Crippen LogP contribution is 2.24. The molecule has 0 saturated carbocycles. The van der Waals surface area contributed by atoms with Crippen LogP contribution < -0.4 is 4.57 Å². The van der Waals surface area contributed by atoms with Gasteiger partial charge < -0.3 is 0 Å². The van der Waals surface area contributed by atoms with E-state index in [-0.39, 0.29) is 18.0 Å². The molecule has 0 amide bonds. The number of carbonyl (C=O) groups excluding carboxylic acids is 2. The Hall–Kier alpha value is -3.33. The molecule has 0 spiro atoms. The SMILES string of the molecule is Cc1cc(C)c(CC(=O)/C(=C/C(=O)c2c(C)cc(C)cc2C)c2cc[n+](C)cc2)c(C)c1. The number of rotatable bonds is 6. The van der Waals surface area contributed by atoms with Gasteiger partial charge in [0.1, 0.15) is 7.05 Å². The minimum atomic E-state index is -0.131. The molecule has 164 valence electrons. The van der Waals surface area contributed by atoms with Crippen LogP contribution in [0, 0.1) is 41.5 Å². The molecule has 0 N–H and O–H groups in total. The van der Waals surface area contributed by atoms with Gasteiger partial charge in [0.15, 0.2) is 24.0 Å². The van der Waals surface area contributed by atoms with Gasteiger partial charge >= 0.3 is 0 Å². The maximum atomic E-state index is 13.6. The van der Waals surface area contributed by atoms with Crippen molar-refractivity contribution in [2.45, 2.75) is 48.0 Å². The lowest BCUT2D eigenvalue weighted by atomic mass is 9.90. The summed E-state index contributed by atoms with van der Waals surface area (Å²) >= 11 is 0. The Labute approximate surface area is 191 Å². The van der Waals surface area contributed by atoms with E-state index >= 15 is 0 Å². The third-order valence-corrected chi connectivity index (χ3v) is 5.97. The number of pyridine rings is 1. The second kappa shape index (κ2) is 9.44. The van der Waals surface area contributed by atoms with Gasteiger partial charge in [-0.05, 0) is 81.0 Å². The van der Waals surface area contributed by atoms with Gasteiger partial charge in [-0.25, -0.2) is 4.57 Å². The van der Waals surface area contributed by atoms with Crippen LogP contribution in [-0.2, 0) is 18.3 Å². The van der Waals surface area contributed by atoms with Gasteiger partial charge in [0.05, 0.1) is 0 Å². The van der Waals surface area contributed by atoms with Gasteiger partial charge in [0.2, 0.25) is 0 Å². The van der Waals surface area contributed by atoms with Crippen LogP contribution in [0.25, 0.3) is 5.57 Å². The molecule has 32 heavy (non-hydrogen) atoms. The molecule has 2 aromatic carbocycles. The number of Topliss-reactive ketones (excluding diaryl/α,β-unsaturated/α-hetero) is 1. The first-order valence-corrected chi connectivity index (χ1v) is 11.0. The molecular formula is C29H32NO2+. The number of nitrogens with zero attached hydrogens (tertiary/aromatic N) is 1. The van der Waals surface area contributed by atoms with Crippen molar-refractivity contribution in [1.29, 1.82) is 0 Å². The van der Waals surface area contributed by atoms with Gasteiger partial charge in [-0.2, -0.15) is 0 Å². The molecule has 0 aliphatic carbocycles. The fourth-order valence-corrected chi connectivity index (χ4v) is 4.52. The van der Waals surface area contributed by atoms with Crippen LogP contribution in [0.2, 0.25) is 0 Å². The van der Waals surface area contributed by atoms with Gasteiger partial charge in [-0.1, -0.05) is 35.4 Å². The highest BCUT2D eigenvalue weighted by Gasteiger charge is 2.20. The number of allylic oxidation sites excluding steroid dienone is 2. The number of ketones is 2. The second-order valence-corrected chi connectivity index (χ2v) is 8.93. The molecule has 3 nitrogen and oxygen atoms in total. The molecule has 0 aliphatic rings. The third-order valence-electron chi connectivity index (χ3n) is 5.97. The largest absolute Gasteiger partial charge is 0.294 e. The lowest BCUT2D eigenvalue weighted by Gasteiger charge is -2.13. The van der Waals surface area contributed by atoms with Crippen molar-refractivity contribution in [1.82, 2.24) is 0 Å². The Morgan fingerprint density at radius 3 is 1.75 bits per heavy atom. The zero-order valence-electron chi connectivity index (χ0n) is 20.2. The van der Waals surface area contributed by atoms with Crippen LogP contribution in [0.3, 0.4) is 0 Å². The zero-order chi connectivity index (χ0) is 23.6. The van der Waals surface area contributed by atoms with Gasteiger partial charge in [-0.15, -0.1) is 0 Å². The Morgan fingerprint density at radius 1 is 0.781 bits per heavy atom. The molecule has 3 rings (SSSR count). The predicted molar refractivity (Wildman–Crippen MR) is 130 cm³/mol. The van der Waals surface area contributed by atoms with E-state index in [9.17, 15) is 9.59 Å². The third kappa shape index (κ3) is 5.11. The van der Waals surface area contributed by atoms with E-state index < -0.39 is 0 Å². The van der Waals surface area contributed by atoms with Crippen molar-refractivity contribution in [3.05, 3.63) is 105 Å². The Kier molecular flexibility index (Phi) is 6.88. The maximum absolute atomic E-state index is 13.6. The van der Waals surface area contributed by atoms with Gasteiger partial charge in [-0.3, -0.25) is 9.59 Å². The molecule has 0 saturated heterocycles. The van der Waals surface area contributed by atoms with Crippen molar-refractivity contribution >= 4 is 17.1 Å². The number of hydrogen-bond donors (Lipinski definition) is 0. The molecule has 0 fully saturated rings. The van der Waals surface area contributed by atoms with E-state index in [0.29, 0.717) is 11.1 Å². The smallest absolute Gasteiger partial charge is 0.187 e. The molecular weight excluding hydrogens is 394 g/mol. The Morgan fingerprint density at radius 2 is 1.25 bits per heavy atom. The van der Waals surface area contributed by atoms with Gasteiger partial charge in [0.25, 0.3) is 0 Å². The van der Waals surface area contributed by atoms with E-state index in [4.69, 9.17) is 0 Å². The summed E-state index contributed by atoms with van der Waals surface area (Å²) in [5, 5.41) is 0. The topological polar surface area (TPSA) is 38.0 Å². The van der Waals surface area contributed by atoms with Crippen molar-refractivity contribution in [2.24, 2.45) is 7.05 Å². The second-order valence-electron chi connectivity index (χ2n) is 8.93.